The van der Waals surface area contributed by atoms with Gasteiger partial charge in [0.25, 0.3) is 5.91 Å². The molecule has 1 heterocycles. The van der Waals surface area contributed by atoms with Crippen LogP contribution in [0.3, 0.4) is 0 Å². The van der Waals surface area contributed by atoms with Crippen molar-refractivity contribution in [3.8, 4) is 11.8 Å². The number of halogens is 1. The van der Waals surface area contributed by atoms with E-state index in [0.29, 0.717) is 33.4 Å². The Morgan fingerprint density at radius 2 is 1.96 bits per heavy atom. The van der Waals surface area contributed by atoms with Crippen molar-refractivity contribution in [1.29, 1.82) is 5.26 Å². The van der Waals surface area contributed by atoms with Crippen molar-refractivity contribution < 1.29 is 9.53 Å². The molecule has 1 aromatic heterocycles. The first-order chi connectivity index (χ1) is 12.6. The average Bonchev–Trinajstić information content (AvgIpc) is 2.70. The largest absolute Gasteiger partial charge is 0.497 e. The van der Waals surface area contributed by atoms with Crippen molar-refractivity contribution in [1.82, 2.24) is 4.98 Å². The molecule has 0 saturated heterocycles. The molecule has 0 fully saturated rings. The molecule has 0 unspecified atom stereocenters. The molecular formula is C20H13ClN3O2. The summed E-state index contributed by atoms with van der Waals surface area (Å²) in [6.07, 6.45) is 1.47. The molecule has 2 aromatic carbocycles. The molecule has 0 spiro atoms. The Morgan fingerprint density at radius 3 is 2.50 bits per heavy atom. The topological polar surface area (TPSA) is 66.2 Å². The highest BCUT2D eigenvalue weighted by Gasteiger charge is 2.21. The van der Waals surface area contributed by atoms with Crippen LogP contribution in [-0.2, 0) is 0 Å². The first kappa shape index (κ1) is 17.5. The van der Waals surface area contributed by atoms with E-state index in [2.05, 4.69) is 11.1 Å². The van der Waals surface area contributed by atoms with Crippen LogP contribution in [0.2, 0.25) is 5.02 Å². The van der Waals surface area contributed by atoms with Crippen molar-refractivity contribution in [3.63, 3.8) is 0 Å². The number of nitriles is 1. The van der Waals surface area contributed by atoms with E-state index in [0.717, 1.165) is 0 Å². The second-order valence-electron chi connectivity index (χ2n) is 5.28. The molecule has 0 saturated carbocycles. The fraction of sp³-hybridized carbons (Fsp3) is 0.0500. The fourth-order valence-electron chi connectivity index (χ4n) is 2.32. The maximum Gasteiger partial charge on any atom is 0.264 e. The first-order valence-electron chi connectivity index (χ1n) is 7.64. The lowest BCUT2D eigenvalue weighted by Crippen LogP contribution is -2.26. The molecule has 127 valence electrons. The van der Waals surface area contributed by atoms with Crippen LogP contribution in [0.4, 0.5) is 11.5 Å². The number of carbonyl (C=O) groups is 1. The molecule has 1 radical (unpaired) electrons. The molecule has 0 aliphatic carbocycles. The number of methoxy groups -OCH3 is 1. The minimum atomic E-state index is -0.300. The van der Waals surface area contributed by atoms with E-state index in [1.165, 1.54) is 11.1 Å². The zero-order chi connectivity index (χ0) is 18.5. The van der Waals surface area contributed by atoms with Crippen molar-refractivity contribution in [2.75, 3.05) is 12.0 Å². The monoisotopic (exact) mass is 362 g/mol. The number of hydrogen-bond donors (Lipinski definition) is 0. The van der Waals surface area contributed by atoms with Crippen LogP contribution in [0.1, 0.15) is 15.9 Å². The van der Waals surface area contributed by atoms with E-state index < -0.39 is 0 Å². The maximum absolute atomic E-state index is 13.1. The third-order valence-corrected chi connectivity index (χ3v) is 3.87. The standard InChI is InChI=1S/C20H13ClN3O2/c1-26-18-9-7-17(8-10-18)24(19-11-6-16(21)13-23-19)20(25)15-4-2-14(12-22)3-5-15/h2-7,9-11,13H,1H3. The summed E-state index contributed by atoms with van der Waals surface area (Å²) in [4.78, 5) is 18.8. The van der Waals surface area contributed by atoms with Crippen LogP contribution in [0.15, 0.2) is 60.8 Å². The zero-order valence-electron chi connectivity index (χ0n) is 13.8. The van der Waals surface area contributed by atoms with Gasteiger partial charge in [-0.2, -0.15) is 5.26 Å². The third kappa shape index (κ3) is 3.66. The van der Waals surface area contributed by atoms with Gasteiger partial charge in [0.1, 0.15) is 11.6 Å². The van der Waals surface area contributed by atoms with E-state index in [9.17, 15) is 4.79 Å². The van der Waals surface area contributed by atoms with Crippen molar-refractivity contribution >= 4 is 29.0 Å². The van der Waals surface area contributed by atoms with Gasteiger partial charge in [0.15, 0.2) is 0 Å². The van der Waals surface area contributed by atoms with Gasteiger partial charge in [0.2, 0.25) is 0 Å². The number of rotatable bonds is 4. The van der Waals surface area contributed by atoms with Crippen LogP contribution in [-0.4, -0.2) is 18.0 Å². The third-order valence-electron chi connectivity index (χ3n) is 3.65. The predicted octanol–water partition coefficient (Wildman–Crippen LogP) is 4.39. The van der Waals surface area contributed by atoms with E-state index in [1.807, 2.05) is 6.07 Å². The molecule has 0 bridgehead atoms. The molecule has 0 aliphatic rings. The number of aromatic nitrogens is 1. The fourth-order valence-corrected chi connectivity index (χ4v) is 2.43. The van der Waals surface area contributed by atoms with Crippen molar-refractivity contribution in [2.45, 2.75) is 0 Å². The molecule has 3 rings (SSSR count). The number of hydrogen-bond acceptors (Lipinski definition) is 4. The van der Waals surface area contributed by atoms with Gasteiger partial charge in [-0.1, -0.05) is 11.6 Å². The molecule has 5 nitrogen and oxygen atoms in total. The van der Waals surface area contributed by atoms with Gasteiger partial charge >= 0.3 is 0 Å². The van der Waals surface area contributed by atoms with Crippen LogP contribution in [0, 0.1) is 17.4 Å². The molecular weight excluding hydrogens is 350 g/mol. The van der Waals surface area contributed by atoms with E-state index >= 15 is 0 Å². The number of ether oxygens (including phenoxy) is 1. The lowest BCUT2D eigenvalue weighted by Gasteiger charge is -2.22. The van der Waals surface area contributed by atoms with Gasteiger partial charge in [0, 0.05) is 17.8 Å². The van der Waals surface area contributed by atoms with Gasteiger partial charge in [-0.05, 0) is 54.6 Å². The molecule has 0 atom stereocenters. The van der Waals surface area contributed by atoms with Crippen LogP contribution >= 0.6 is 11.6 Å². The molecule has 26 heavy (non-hydrogen) atoms. The second kappa shape index (κ2) is 7.68. The Kier molecular flexibility index (Phi) is 5.16. The van der Waals surface area contributed by atoms with Gasteiger partial charge < -0.3 is 4.74 Å². The molecule has 0 aliphatic heterocycles. The van der Waals surface area contributed by atoms with Gasteiger partial charge in [-0.25, -0.2) is 4.98 Å². The molecule has 1 amide bonds. The normalized spacial score (nSPS) is 10.0. The van der Waals surface area contributed by atoms with E-state index in [-0.39, 0.29) is 5.91 Å². The lowest BCUT2D eigenvalue weighted by molar-refractivity contribution is 0.0998. The summed E-state index contributed by atoms with van der Waals surface area (Å²) in [6, 6.07) is 19.9. The predicted molar refractivity (Wildman–Crippen MR) is 98.7 cm³/mol. The second-order valence-corrected chi connectivity index (χ2v) is 5.71. The van der Waals surface area contributed by atoms with Crippen LogP contribution < -0.4 is 9.64 Å². The van der Waals surface area contributed by atoms with Gasteiger partial charge in [0.05, 0.1) is 29.5 Å². The average molecular weight is 363 g/mol. The highest BCUT2D eigenvalue weighted by atomic mass is 35.5. The minimum absolute atomic E-state index is 0.300. The highest BCUT2D eigenvalue weighted by molar-refractivity contribution is 6.30. The summed E-state index contributed by atoms with van der Waals surface area (Å²) in [6.45, 7) is 0. The smallest absolute Gasteiger partial charge is 0.264 e. The van der Waals surface area contributed by atoms with Crippen LogP contribution in [0.5, 0.6) is 5.75 Å². The minimum Gasteiger partial charge on any atom is -0.497 e. The number of nitrogens with zero attached hydrogens (tertiary/aromatic N) is 3. The Hall–Kier alpha value is -3.36. The van der Waals surface area contributed by atoms with Gasteiger partial charge in [-0.15, -0.1) is 0 Å². The quantitative estimate of drug-likeness (QED) is 0.690. The summed E-state index contributed by atoms with van der Waals surface area (Å²) >= 11 is 5.91. The summed E-state index contributed by atoms with van der Waals surface area (Å²) < 4.78 is 5.14. The summed E-state index contributed by atoms with van der Waals surface area (Å²) in [5.41, 5.74) is 1.41. The van der Waals surface area contributed by atoms with Gasteiger partial charge in [-0.3, -0.25) is 9.69 Å². The lowest BCUT2D eigenvalue weighted by atomic mass is 10.1. The SMILES string of the molecule is COc1c[c]c(N(C(=O)c2ccc(C#N)cc2)c2ccc(Cl)cn2)cc1. The summed E-state index contributed by atoms with van der Waals surface area (Å²) in [7, 11) is 1.56. The first-order valence-corrected chi connectivity index (χ1v) is 8.02. The molecule has 0 N–H and O–H groups in total. The Balaban J connectivity index is 2.05. The maximum atomic E-state index is 13.1. The van der Waals surface area contributed by atoms with Crippen molar-refractivity contribution in [3.05, 3.63) is 83.0 Å². The van der Waals surface area contributed by atoms with Crippen molar-refractivity contribution in [2.24, 2.45) is 0 Å². The summed E-state index contributed by atoms with van der Waals surface area (Å²) in [5, 5.41) is 9.39. The number of benzene rings is 2. The van der Waals surface area contributed by atoms with E-state index in [1.54, 1.807) is 61.7 Å². The number of anilines is 2. The number of pyridine rings is 1. The Labute approximate surface area is 156 Å². The van der Waals surface area contributed by atoms with Crippen LogP contribution in [0.25, 0.3) is 0 Å². The number of amides is 1. The number of carbonyl (C=O) groups excluding carboxylic acids is 1. The Bertz CT molecular complexity index is 946. The molecule has 3 aromatic rings. The highest BCUT2D eigenvalue weighted by Crippen LogP contribution is 2.28. The molecule has 6 heteroatoms. The van der Waals surface area contributed by atoms with E-state index in [4.69, 9.17) is 21.6 Å². The summed E-state index contributed by atoms with van der Waals surface area (Å²) in [5.74, 6) is 0.736. The zero-order valence-corrected chi connectivity index (χ0v) is 14.6. The Morgan fingerprint density at radius 1 is 1.19 bits per heavy atom.